The number of carbonyl (C=O) groups is 1. The van der Waals surface area contributed by atoms with Gasteiger partial charge in [0.15, 0.2) is 0 Å². The molecule has 0 bridgehead atoms. The van der Waals surface area contributed by atoms with E-state index < -0.39 is 0 Å². The van der Waals surface area contributed by atoms with Crippen LogP contribution < -0.4 is 10.6 Å². The molecule has 1 amide bonds. The Kier molecular flexibility index (Phi) is 7.96. The van der Waals surface area contributed by atoms with Crippen LogP contribution >= 0.6 is 35.6 Å². The molecule has 0 spiro atoms. The molecule has 2 aromatic rings. The van der Waals surface area contributed by atoms with Gasteiger partial charge in [0.2, 0.25) is 5.82 Å². The van der Waals surface area contributed by atoms with E-state index in [1.807, 2.05) is 20.9 Å². The first-order chi connectivity index (χ1) is 11.0. The van der Waals surface area contributed by atoms with E-state index in [1.54, 1.807) is 22.9 Å². The van der Waals surface area contributed by atoms with Gasteiger partial charge in [-0.2, -0.15) is 0 Å². The normalized spacial score (nSPS) is 10.6. The first-order valence-electron chi connectivity index (χ1n) is 7.29. The Labute approximate surface area is 157 Å². The predicted molar refractivity (Wildman–Crippen MR) is 99.0 cm³/mol. The minimum Gasteiger partial charge on any atom is -0.348 e. The van der Waals surface area contributed by atoms with Crippen molar-refractivity contribution in [3.05, 3.63) is 39.9 Å². The fraction of sp³-hybridized carbons (Fsp3) is 0.400. The summed E-state index contributed by atoms with van der Waals surface area (Å²) in [6, 6.07) is 5.20. The lowest BCUT2D eigenvalue weighted by Gasteiger charge is -2.11. The summed E-state index contributed by atoms with van der Waals surface area (Å²) >= 11 is 12.5. The van der Waals surface area contributed by atoms with Crippen molar-refractivity contribution < 1.29 is 4.79 Å². The average molecular weight is 393 g/mol. The van der Waals surface area contributed by atoms with Gasteiger partial charge in [0.1, 0.15) is 11.5 Å². The molecule has 2 rings (SSSR count). The molecular formula is C15H20Cl3N5O. The van der Waals surface area contributed by atoms with Gasteiger partial charge in [-0.15, -0.1) is 17.5 Å². The lowest BCUT2D eigenvalue weighted by atomic mass is 10.2. The summed E-state index contributed by atoms with van der Waals surface area (Å²) in [4.78, 5) is 16.5. The van der Waals surface area contributed by atoms with Crippen molar-refractivity contribution in [1.82, 2.24) is 25.4 Å². The fourth-order valence-corrected chi connectivity index (χ4v) is 2.59. The number of benzene rings is 1. The molecule has 0 atom stereocenters. The summed E-state index contributed by atoms with van der Waals surface area (Å²) in [5.41, 5.74) is 0.529. The smallest absolute Gasteiger partial charge is 0.291 e. The van der Waals surface area contributed by atoms with E-state index in [9.17, 15) is 4.79 Å². The SMILES string of the molecule is CNCCNC(=O)c1nc(C(C)C)n(-c2c(Cl)cccc2Cl)n1.Cl. The molecule has 0 fully saturated rings. The van der Waals surface area contributed by atoms with Crippen LogP contribution in [-0.2, 0) is 0 Å². The molecule has 0 radical (unpaired) electrons. The molecule has 0 saturated carbocycles. The number of nitrogens with one attached hydrogen (secondary N) is 2. The number of amides is 1. The third-order valence-corrected chi connectivity index (χ3v) is 3.77. The minimum atomic E-state index is -0.330. The Balaban J connectivity index is 0.00000288. The number of halogens is 3. The summed E-state index contributed by atoms with van der Waals surface area (Å²) < 4.78 is 1.54. The molecule has 9 heteroatoms. The van der Waals surface area contributed by atoms with Gasteiger partial charge in [0, 0.05) is 19.0 Å². The number of aromatic nitrogens is 3. The summed E-state index contributed by atoms with van der Waals surface area (Å²) in [5.74, 6) is 0.442. The van der Waals surface area contributed by atoms with Crippen LogP contribution in [0.1, 0.15) is 36.2 Å². The van der Waals surface area contributed by atoms with Crippen molar-refractivity contribution in [2.45, 2.75) is 19.8 Å². The largest absolute Gasteiger partial charge is 0.348 e. The van der Waals surface area contributed by atoms with Crippen LogP contribution in [0.5, 0.6) is 0 Å². The van der Waals surface area contributed by atoms with Crippen LogP contribution in [0.4, 0.5) is 0 Å². The first-order valence-corrected chi connectivity index (χ1v) is 8.05. The van der Waals surface area contributed by atoms with Gasteiger partial charge in [-0.3, -0.25) is 4.79 Å². The lowest BCUT2D eigenvalue weighted by molar-refractivity contribution is 0.0944. The molecule has 1 aromatic carbocycles. The van der Waals surface area contributed by atoms with Crippen LogP contribution in [-0.4, -0.2) is 40.8 Å². The summed E-state index contributed by atoms with van der Waals surface area (Å²) in [7, 11) is 1.81. The van der Waals surface area contributed by atoms with E-state index in [0.29, 0.717) is 34.6 Å². The topological polar surface area (TPSA) is 71.8 Å². The maximum Gasteiger partial charge on any atom is 0.291 e. The zero-order valence-electron chi connectivity index (χ0n) is 13.6. The molecule has 1 heterocycles. The van der Waals surface area contributed by atoms with Crippen LogP contribution in [0.3, 0.4) is 0 Å². The maximum absolute atomic E-state index is 12.2. The molecule has 0 unspecified atom stereocenters. The standard InChI is InChI=1S/C15H19Cl2N5O.ClH/c1-9(2)14-20-13(15(23)19-8-7-18-3)21-22(14)12-10(16)5-4-6-11(12)17;/h4-6,9,18H,7-8H2,1-3H3,(H,19,23);1H. The van der Waals surface area contributed by atoms with E-state index in [2.05, 4.69) is 20.7 Å². The number of nitrogens with zero attached hydrogens (tertiary/aromatic N) is 3. The quantitative estimate of drug-likeness (QED) is 0.741. The van der Waals surface area contributed by atoms with Crippen LogP contribution in [0, 0.1) is 0 Å². The van der Waals surface area contributed by atoms with Gasteiger partial charge in [-0.1, -0.05) is 43.1 Å². The maximum atomic E-state index is 12.2. The molecule has 132 valence electrons. The van der Waals surface area contributed by atoms with Gasteiger partial charge in [0.05, 0.1) is 10.0 Å². The van der Waals surface area contributed by atoms with Crippen LogP contribution in [0.25, 0.3) is 5.69 Å². The number of hydrogen-bond donors (Lipinski definition) is 2. The number of carbonyl (C=O) groups excluding carboxylic acids is 1. The molecular weight excluding hydrogens is 373 g/mol. The second kappa shape index (κ2) is 9.22. The Morgan fingerprint density at radius 3 is 2.42 bits per heavy atom. The number of likely N-dealkylation sites (N-methyl/N-ethyl adjacent to an activating group) is 1. The van der Waals surface area contributed by atoms with Crippen LogP contribution in [0.2, 0.25) is 10.0 Å². The minimum absolute atomic E-state index is 0. The number of rotatable bonds is 6. The lowest BCUT2D eigenvalue weighted by Crippen LogP contribution is -2.31. The number of para-hydroxylation sites is 1. The zero-order chi connectivity index (χ0) is 17.0. The highest BCUT2D eigenvalue weighted by atomic mass is 35.5. The van der Waals surface area contributed by atoms with Crippen molar-refractivity contribution in [2.75, 3.05) is 20.1 Å². The van der Waals surface area contributed by atoms with Gasteiger partial charge in [-0.25, -0.2) is 9.67 Å². The molecule has 2 N–H and O–H groups in total. The molecule has 0 aliphatic heterocycles. The third-order valence-electron chi connectivity index (χ3n) is 3.16. The Hall–Kier alpha value is -1.34. The molecule has 6 nitrogen and oxygen atoms in total. The van der Waals surface area contributed by atoms with Gasteiger partial charge in [-0.05, 0) is 19.2 Å². The molecule has 0 saturated heterocycles. The second-order valence-electron chi connectivity index (χ2n) is 5.29. The summed E-state index contributed by atoms with van der Waals surface area (Å²) in [6.07, 6.45) is 0. The highest BCUT2D eigenvalue weighted by Gasteiger charge is 2.21. The molecule has 0 aliphatic rings. The predicted octanol–water partition coefficient (Wildman–Crippen LogP) is 3.07. The van der Waals surface area contributed by atoms with E-state index >= 15 is 0 Å². The Morgan fingerprint density at radius 1 is 1.25 bits per heavy atom. The van der Waals surface area contributed by atoms with E-state index in [1.165, 1.54) is 0 Å². The van der Waals surface area contributed by atoms with Gasteiger partial charge in [0.25, 0.3) is 5.91 Å². The third kappa shape index (κ3) is 4.60. The summed E-state index contributed by atoms with van der Waals surface area (Å²) in [6.45, 7) is 5.09. The molecule has 1 aromatic heterocycles. The van der Waals surface area contributed by atoms with Crippen LogP contribution in [0.15, 0.2) is 18.2 Å². The Bertz CT molecular complexity index is 682. The van der Waals surface area contributed by atoms with Crippen molar-refractivity contribution in [3.8, 4) is 5.69 Å². The monoisotopic (exact) mass is 391 g/mol. The summed E-state index contributed by atoms with van der Waals surface area (Å²) in [5, 5.41) is 10.9. The highest BCUT2D eigenvalue weighted by Crippen LogP contribution is 2.30. The van der Waals surface area contributed by atoms with Crippen molar-refractivity contribution in [2.24, 2.45) is 0 Å². The second-order valence-corrected chi connectivity index (χ2v) is 6.10. The van der Waals surface area contributed by atoms with Crippen molar-refractivity contribution in [1.29, 1.82) is 0 Å². The molecule has 0 aliphatic carbocycles. The van der Waals surface area contributed by atoms with Crippen molar-refractivity contribution in [3.63, 3.8) is 0 Å². The van der Waals surface area contributed by atoms with Crippen molar-refractivity contribution >= 4 is 41.5 Å². The van der Waals surface area contributed by atoms with Gasteiger partial charge < -0.3 is 10.6 Å². The van der Waals surface area contributed by atoms with Gasteiger partial charge >= 0.3 is 0 Å². The highest BCUT2D eigenvalue weighted by molar-refractivity contribution is 6.37. The first kappa shape index (κ1) is 20.7. The molecule has 24 heavy (non-hydrogen) atoms. The fourth-order valence-electron chi connectivity index (χ4n) is 2.03. The number of hydrogen-bond acceptors (Lipinski definition) is 4. The van der Waals surface area contributed by atoms with E-state index in [4.69, 9.17) is 23.2 Å². The van der Waals surface area contributed by atoms with E-state index in [0.717, 1.165) is 0 Å². The Morgan fingerprint density at radius 2 is 1.88 bits per heavy atom. The average Bonchev–Trinajstić information content (AvgIpc) is 2.92. The van der Waals surface area contributed by atoms with E-state index in [-0.39, 0.29) is 30.1 Å². The zero-order valence-corrected chi connectivity index (χ0v) is 16.0.